The Bertz CT molecular complexity index is 893. The predicted octanol–water partition coefficient (Wildman–Crippen LogP) is 5.05. The van der Waals surface area contributed by atoms with E-state index in [1.807, 2.05) is 6.07 Å². The van der Waals surface area contributed by atoms with Gasteiger partial charge in [-0.05, 0) is 62.6 Å². The van der Waals surface area contributed by atoms with Crippen LogP contribution in [0.4, 0.5) is 13.2 Å². The lowest BCUT2D eigenvalue weighted by molar-refractivity contribution is 0.0553. The average molecular weight is 431 g/mol. The van der Waals surface area contributed by atoms with Crippen molar-refractivity contribution in [3.05, 3.63) is 71.0 Å². The van der Waals surface area contributed by atoms with Gasteiger partial charge in [-0.2, -0.15) is 0 Å². The Morgan fingerprint density at radius 1 is 0.935 bits per heavy atom. The highest BCUT2D eigenvalue weighted by molar-refractivity contribution is 5.94. The van der Waals surface area contributed by atoms with Gasteiger partial charge in [0.25, 0.3) is 5.91 Å². The van der Waals surface area contributed by atoms with Gasteiger partial charge in [0.2, 0.25) is 0 Å². The number of amides is 1. The van der Waals surface area contributed by atoms with Crippen LogP contribution in [-0.2, 0) is 6.42 Å². The van der Waals surface area contributed by atoms with Crippen LogP contribution in [0.5, 0.6) is 0 Å². The molecule has 0 bridgehead atoms. The number of halogens is 3. The van der Waals surface area contributed by atoms with Crippen LogP contribution in [0.2, 0.25) is 0 Å². The van der Waals surface area contributed by atoms with Crippen LogP contribution in [0.1, 0.15) is 48.0 Å². The lowest BCUT2D eigenvalue weighted by Gasteiger charge is -2.39. The summed E-state index contributed by atoms with van der Waals surface area (Å²) in [7, 11) is 0. The van der Waals surface area contributed by atoms with Gasteiger partial charge in [-0.15, -0.1) is 0 Å². The third-order valence-corrected chi connectivity index (χ3v) is 6.43. The number of carbonyl (C=O) groups excluding carboxylic acids is 1. The van der Waals surface area contributed by atoms with Gasteiger partial charge in [0, 0.05) is 31.7 Å². The first-order valence-corrected chi connectivity index (χ1v) is 11.2. The normalized spacial score (nSPS) is 17.6. The second-order valence-electron chi connectivity index (χ2n) is 8.81. The molecular formula is C25H29F3N2O. The minimum Gasteiger partial charge on any atom is -0.335 e. The Labute approximate surface area is 181 Å². The van der Waals surface area contributed by atoms with Crippen molar-refractivity contribution in [2.45, 2.75) is 44.6 Å². The molecule has 1 heterocycles. The molecule has 2 aliphatic rings. The Morgan fingerprint density at radius 3 is 2.29 bits per heavy atom. The number of nitrogens with zero attached hydrogens (tertiary/aromatic N) is 2. The summed E-state index contributed by atoms with van der Waals surface area (Å²) in [6.45, 7) is 3.34. The number of benzene rings is 2. The van der Waals surface area contributed by atoms with Crippen LogP contribution >= 0.6 is 0 Å². The van der Waals surface area contributed by atoms with Crippen molar-refractivity contribution in [1.82, 2.24) is 9.80 Å². The minimum atomic E-state index is -1.27. The molecule has 1 aliphatic carbocycles. The molecule has 1 amide bonds. The smallest absolute Gasteiger partial charge is 0.257 e. The lowest BCUT2D eigenvalue weighted by Crippen LogP contribution is -2.48. The molecule has 4 rings (SSSR count). The lowest BCUT2D eigenvalue weighted by atomic mass is 10.0. The van der Waals surface area contributed by atoms with Gasteiger partial charge in [0.1, 0.15) is 5.82 Å². The topological polar surface area (TPSA) is 23.6 Å². The fourth-order valence-corrected chi connectivity index (χ4v) is 4.42. The molecule has 2 fully saturated rings. The summed E-state index contributed by atoms with van der Waals surface area (Å²) in [6, 6.07) is 11.6. The maximum atomic E-state index is 14.2. The highest BCUT2D eigenvalue weighted by Gasteiger charge is 2.34. The number of aryl methyl sites for hydroxylation is 1. The van der Waals surface area contributed by atoms with Gasteiger partial charge in [-0.1, -0.05) is 30.3 Å². The Balaban J connectivity index is 1.35. The summed E-state index contributed by atoms with van der Waals surface area (Å²) >= 11 is 0. The summed E-state index contributed by atoms with van der Waals surface area (Å²) in [5, 5.41) is 0. The molecule has 6 heteroatoms. The zero-order chi connectivity index (χ0) is 21.8. The molecule has 3 nitrogen and oxygen atoms in total. The SMILES string of the molecule is O=C(c1cc(F)c(F)cc1F)N(CC1CC1)C1CCN(CCCc2ccccc2)CC1. The van der Waals surface area contributed by atoms with Crippen molar-refractivity contribution >= 4 is 5.91 Å². The molecule has 0 atom stereocenters. The molecule has 0 N–H and O–H groups in total. The van der Waals surface area contributed by atoms with E-state index in [0.29, 0.717) is 24.6 Å². The average Bonchev–Trinajstić information content (AvgIpc) is 3.60. The van der Waals surface area contributed by atoms with Gasteiger partial charge in [-0.3, -0.25) is 4.79 Å². The molecule has 1 aliphatic heterocycles. The first kappa shape index (κ1) is 21.9. The van der Waals surface area contributed by atoms with Gasteiger partial charge >= 0.3 is 0 Å². The van der Waals surface area contributed by atoms with E-state index in [1.165, 1.54) is 5.56 Å². The molecular weight excluding hydrogens is 401 g/mol. The molecule has 2 aromatic carbocycles. The Hall–Kier alpha value is -2.34. The molecule has 0 radical (unpaired) electrons. The number of carbonyl (C=O) groups is 1. The van der Waals surface area contributed by atoms with E-state index in [4.69, 9.17) is 0 Å². The van der Waals surface area contributed by atoms with Gasteiger partial charge in [-0.25, -0.2) is 13.2 Å². The third kappa shape index (κ3) is 5.67. The van der Waals surface area contributed by atoms with Crippen molar-refractivity contribution < 1.29 is 18.0 Å². The molecule has 31 heavy (non-hydrogen) atoms. The van der Waals surface area contributed by atoms with Gasteiger partial charge in [0.15, 0.2) is 11.6 Å². The van der Waals surface area contributed by atoms with Gasteiger partial charge < -0.3 is 9.80 Å². The van der Waals surface area contributed by atoms with E-state index in [2.05, 4.69) is 29.2 Å². The van der Waals surface area contributed by atoms with E-state index in [9.17, 15) is 18.0 Å². The van der Waals surface area contributed by atoms with Crippen LogP contribution in [0.25, 0.3) is 0 Å². The number of likely N-dealkylation sites (tertiary alicyclic amines) is 1. The van der Waals surface area contributed by atoms with E-state index in [-0.39, 0.29) is 11.6 Å². The number of hydrogen-bond donors (Lipinski definition) is 0. The molecule has 0 spiro atoms. The molecule has 0 unspecified atom stereocenters. The van der Waals surface area contributed by atoms with Crippen LogP contribution in [0.15, 0.2) is 42.5 Å². The first-order chi connectivity index (χ1) is 15.0. The zero-order valence-corrected chi connectivity index (χ0v) is 17.7. The standard InChI is InChI=1S/C25H29F3N2O/c26-22-16-24(28)23(27)15-21(22)25(31)30(17-19-8-9-19)20-10-13-29(14-11-20)12-4-7-18-5-2-1-3-6-18/h1-3,5-6,15-16,19-20H,4,7-14,17H2. The van der Waals surface area contributed by atoms with E-state index >= 15 is 0 Å². The Kier molecular flexibility index (Phi) is 6.96. The summed E-state index contributed by atoms with van der Waals surface area (Å²) in [4.78, 5) is 17.2. The second-order valence-corrected chi connectivity index (χ2v) is 8.81. The maximum Gasteiger partial charge on any atom is 0.257 e. The molecule has 1 saturated carbocycles. The van der Waals surface area contributed by atoms with Crippen molar-refractivity contribution in [2.75, 3.05) is 26.2 Å². The van der Waals surface area contributed by atoms with Crippen molar-refractivity contribution in [3.63, 3.8) is 0 Å². The molecule has 0 aromatic heterocycles. The summed E-state index contributed by atoms with van der Waals surface area (Å²) in [6.07, 6.45) is 5.87. The van der Waals surface area contributed by atoms with Crippen LogP contribution in [0, 0.1) is 23.4 Å². The van der Waals surface area contributed by atoms with Crippen LogP contribution < -0.4 is 0 Å². The Morgan fingerprint density at radius 2 is 1.61 bits per heavy atom. The van der Waals surface area contributed by atoms with E-state index in [1.54, 1.807) is 4.90 Å². The van der Waals surface area contributed by atoms with Crippen molar-refractivity contribution in [2.24, 2.45) is 5.92 Å². The maximum absolute atomic E-state index is 14.2. The van der Waals surface area contributed by atoms with Crippen LogP contribution in [-0.4, -0.2) is 47.9 Å². The second kappa shape index (κ2) is 9.86. The quantitative estimate of drug-likeness (QED) is 0.547. The fourth-order valence-electron chi connectivity index (χ4n) is 4.42. The fraction of sp³-hybridized carbons (Fsp3) is 0.480. The minimum absolute atomic E-state index is 0.00554. The number of rotatable bonds is 8. The molecule has 166 valence electrons. The summed E-state index contributed by atoms with van der Waals surface area (Å²) < 4.78 is 41.2. The first-order valence-electron chi connectivity index (χ1n) is 11.2. The van der Waals surface area contributed by atoms with Crippen LogP contribution in [0.3, 0.4) is 0 Å². The van der Waals surface area contributed by atoms with Gasteiger partial charge in [0.05, 0.1) is 5.56 Å². The largest absolute Gasteiger partial charge is 0.335 e. The highest BCUT2D eigenvalue weighted by atomic mass is 19.2. The van der Waals surface area contributed by atoms with E-state index < -0.39 is 23.4 Å². The molecule has 2 aromatic rings. The van der Waals surface area contributed by atoms with Crippen molar-refractivity contribution in [3.8, 4) is 0 Å². The number of piperidine rings is 1. The monoisotopic (exact) mass is 430 g/mol. The number of hydrogen-bond acceptors (Lipinski definition) is 2. The summed E-state index contributed by atoms with van der Waals surface area (Å²) in [5.74, 6) is -3.55. The van der Waals surface area contributed by atoms with Crippen molar-refractivity contribution in [1.29, 1.82) is 0 Å². The molecule has 1 saturated heterocycles. The predicted molar refractivity (Wildman–Crippen MR) is 114 cm³/mol. The third-order valence-electron chi connectivity index (χ3n) is 6.43. The highest BCUT2D eigenvalue weighted by Crippen LogP contribution is 2.32. The van der Waals surface area contributed by atoms with E-state index in [0.717, 1.165) is 58.2 Å². The zero-order valence-electron chi connectivity index (χ0n) is 17.7. The summed E-state index contributed by atoms with van der Waals surface area (Å²) in [5.41, 5.74) is 0.969.